The second-order valence-corrected chi connectivity index (χ2v) is 6.00. The van der Waals surface area contributed by atoms with Crippen LogP contribution in [0.15, 0.2) is 22.7 Å². The maximum Gasteiger partial charge on any atom is 0.0943 e. The van der Waals surface area contributed by atoms with Crippen molar-refractivity contribution in [1.29, 1.82) is 0 Å². The van der Waals surface area contributed by atoms with Crippen LogP contribution < -0.4 is 5.32 Å². The van der Waals surface area contributed by atoms with E-state index in [0.717, 1.165) is 23.0 Å². The summed E-state index contributed by atoms with van der Waals surface area (Å²) in [6.07, 6.45) is 1.86. The molecular weight excluding hydrogens is 278 g/mol. The fourth-order valence-corrected chi connectivity index (χ4v) is 2.72. The molecule has 0 aromatic heterocycles. The van der Waals surface area contributed by atoms with Crippen LogP contribution in [0.5, 0.6) is 0 Å². The van der Waals surface area contributed by atoms with Gasteiger partial charge in [0.1, 0.15) is 0 Å². The Morgan fingerprint density at radius 1 is 1.47 bits per heavy atom. The van der Waals surface area contributed by atoms with E-state index in [-0.39, 0.29) is 6.04 Å². The predicted octanol–water partition coefficient (Wildman–Crippen LogP) is 3.18. The molecule has 1 saturated heterocycles. The molecule has 1 heterocycles. The average Bonchev–Trinajstić information content (AvgIpc) is 2.32. The van der Waals surface area contributed by atoms with Crippen LogP contribution >= 0.6 is 15.9 Å². The standard InChI is InChI=1S/C14H20BrNO/c1-9-5-6-16-13(7-9)14(17)11-3-4-12(15)10(2)8-11/h3-4,8-9,13-14,16-17H,5-7H2,1-2H3. The van der Waals surface area contributed by atoms with Crippen molar-refractivity contribution in [3.05, 3.63) is 33.8 Å². The van der Waals surface area contributed by atoms with E-state index in [2.05, 4.69) is 41.2 Å². The molecule has 0 bridgehead atoms. The van der Waals surface area contributed by atoms with E-state index in [1.165, 1.54) is 12.0 Å². The summed E-state index contributed by atoms with van der Waals surface area (Å²) in [6, 6.07) is 6.28. The number of halogens is 1. The Bertz CT molecular complexity index is 394. The monoisotopic (exact) mass is 297 g/mol. The molecule has 0 spiro atoms. The van der Waals surface area contributed by atoms with Crippen LogP contribution in [-0.4, -0.2) is 17.7 Å². The highest BCUT2D eigenvalue weighted by molar-refractivity contribution is 9.10. The number of hydrogen-bond donors (Lipinski definition) is 2. The zero-order chi connectivity index (χ0) is 12.4. The lowest BCUT2D eigenvalue weighted by Gasteiger charge is -2.32. The van der Waals surface area contributed by atoms with Crippen LogP contribution in [-0.2, 0) is 0 Å². The summed E-state index contributed by atoms with van der Waals surface area (Å²) in [5.41, 5.74) is 2.18. The number of aliphatic hydroxyl groups excluding tert-OH is 1. The molecule has 1 aliphatic heterocycles. The van der Waals surface area contributed by atoms with Gasteiger partial charge in [0.25, 0.3) is 0 Å². The van der Waals surface area contributed by atoms with Crippen molar-refractivity contribution in [2.75, 3.05) is 6.54 Å². The third kappa shape index (κ3) is 3.09. The minimum Gasteiger partial charge on any atom is -0.387 e. The molecule has 3 unspecified atom stereocenters. The predicted molar refractivity (Wildman–Crippen MR) is 74.0 cm³/mol. The molecule has 3 atom stereocenters. The first-order valence-corrected chi connectivity index (χ1v) is 7.04. The molecule has 1 aliphatic rings. The fraction of sp³-hybridized carbons (Fsp3) is 0.571. The van der Waals surface area contributed by atoms with Crippen molar-refractivity contribution >= 4 is 15.9 Å². The molecule has 2 nitrogen and oxygen atoms in total. The normalized spacial score (nSPS) is 26.8. The largest absolute Gasteiger partial charge is 0.387 e. The second kappa shape index (κ2) is 5.51. The lowest BCUT2D eigenvalue weighted by molar-refractivity contribution is 0.101. The Balaban J connectivity index is 2.12. The molecular formula is C14H20BrNO. The first-order valence-electron chi connectivity index (χ1n) is 6.25. The first kappa shape index (κ1) is 13.1. The van der Waals surface area contributed by atoms with Crippen molar-refractivity contribution in [3.8, 4) is 0 Å². The number of piperidine rings is 1. The van der Waals surface area contributed by atoms with Crippen molar-refractivity contribution in [2.24, 2.45) is 5.92 Å². The number of hydrogen-bond acceptors (Lipinski definition) is 2. The van der Waals surface area contributed by atoms with E-state index in [9.17, 15) is 5.11 Å². The maximum atomic E-state index is 10.4. The molecule has 0 aliphatic carbocycles. The molecule has 94 valence electrons. The molecule has 0 amide bonds. The van der Waals surface area contributed by atoms with E-state index < -0.39 is 6.10 Å². The SMILES string of the molecule is Cc1cc(C(O)C2CC(C)CCN2)ccc1Br. The molecule has 0 radical (unpaired) electrons. The Morgan fingerprint density at radius 2 is 2.24 bits per heavy atom. The van der Waals surface area contributed by atoms with Gasteiger partial charge in [0.05, 0.1) is 6.10 Å². The highest BCUT2D eigenvalue weighted by atomic mass is 79.9. The topological polar surface area (TPSA) is 32.3 Å². The molecule has 1 fully saturated rings. The molecule has 1 aromatic rings. The fourth-order valence-electron chi connectivity index (χ4n) is 2.47. The first-order chi connectivity index (χ1) is 8.08. The van der Waals surface area contributed by atoms with E-state index in [0.29, 0.717) is 5.92 Å². The summed E-state index contributed by atoms with van der Waals surface area (Å²) in [6.45, 7) is 5.32. The Labute approximate surface area is 112 Å². The smallest absolute Gasteiger partial charge is 0.0943 e. The van der Waals surface area contributed by atoms with Gasteiger partial charge in [-0.1, -0.05) is 35.0 Å². The number of benzene rings is 1. The van der Waals surface area contributed by atoms with Crippen LogP contribution in [0.2, 0.25) is 0 Å². The summed E-state index contributed by atoms with van der Waals surface area (Å²) in [5.74, 6) is 0.701. The maximum absolute atomic E-state index is 10.4. The van der Waals surface area contributed by atoms with Crippen molar-refractivity contribution in [2.45, 2.75) is 38.8 Å². The highest BCUT2D eigenvalue weighted by Gasteiger charge is 2.25. The van der Waals surface area contributed by atoms with Gasteiger partial charge >= 0.3 is 0 Å². The Morgan fingerprint density at radius 3 is 2.88 bits per heavy atom. The third-order valence-corrected chi connectivity index (χ3v) is 4.49. The summed E-state index contributed by atoms with van der Waals surface area (Å²) in [7, 11) is 0. The molecule has 2 N–H and O–H groups in total. The summed E-state index contributed by atoms with van der Waals surface area (Å²) in [4.78, 5) is 0. The van der Waals surface area contributed by atoms with Crippen LogP contribution in [0, 0.1) is 12.8 Å². The number of aryl methyl sites for hydroxylation is 1. The molecule has 2 rings (SSSR count). The van der Waals surface area contributed by atoms with E-state index in [1.807, 2.05) is 12.1 Å². The summed E-state index contributed by atoms with van der Waals surface area (Å²) >= 11 is 3.49. The average molecular weight is 298 g/mol. The van der Waals surface area contributed by atoms with Gasteiger partial charge in [-0.25, -0.2) is 0 Å². The minimum atomic E-state index is -0.399. The van der Waals surface area contributed by atoms with Crippen molar-refractivity contribution in [1.82, 2.24) is 5.32 Å². The van der Waals surface area contributed by atoms with Crippen LogP contribution in [0.1, 0.15) is 37.0 Å². The van der Waals surface area contributed by atoms with Gasteiger partial charge in [0.15, 0.2) is 0 Å². The van der Waals surface area contributed by atoms with E-state index >= 15 is 0 Å². The molecule has 17 heavy (non-hydrogen) atoms. The molecule has 0 saturated carbocycles. The van der Waals surface area contributed by atoms with Gasteiger partial charge in [-0.3, -0.25) is 0 Å². The zero-order valence-corrected chi connectivity index (χ0v) is 12.0. The lowest BCUT2D eigenvalue weighted by atomic mass is 9.88. The van der Waals surface area contributed by atoms with Gasteiger partial charge in [0, 0.05) is 10.5 Å². The van der Waals surface area contributed by atoms with Crippen LogP contribution in [0.3, 0.4) is 0 Å². The Hall–Kier alpha value is -0.380. The summed E-state index contributed by atoms with van der Waals surface area (Å²) in [5, 5.41) is 13.8. The van der Waals surface area contributed by atoms with Gasteiger partial charge in [-0.15, -0.1) is 0 Å². The number of rotatable bonds is 2. The Kier molecular flexibility index (Phi) is 4.23. The highest BCUT2D eigenvalue weighted by Crippen LogP contribution is 2.28. The minimum absolute atomic E-state index is 0.194. The van der Waals surface area contributed by atoms with Crippen molar-refractivity contribution in [3.63, 3.8) is 0 Å². The molecule has 1 aromatic carbocycles. The van der Waals surface area contributed by atoms with Gasteiger partial charge < -0.3 is 10.4 Å². The van der Waals surface area contributed by atoms with Gasteiger partial charge in [-0.05, 0) is 49.4 Å². The van der Waals surface area contributed by atoms with E-state index in [1.54, 1.807) is 0 Å². The van der Waals surface area contributed by atoms with Gasteiger partial charge in [-0.2, -0.15) is 0 Å². The van der Waals surface area contributed by atoms with E-state index in [4.69, 9.17) is 0 Å². The van der Waals surface area contributed by atoms with Crippen molar-refractivity contribution < 1.29 is 5.11 Å². The summed E-state index contributed by atoms with van der Waals surface area (Å²) < 4.78 is 1.10. The van der Waals surface area contributed by atoms with Gasteiger partial charge in [0.2, 0.25) is 0 Å². The number of nitrogens with one attached hydrogen (secondary N) is 1. The third-order valence-electron chi connectivity index (χ3n) is 3.60. The van der Waals surface area contributed by atoms with Crippen LogP contribution in [0.4, 0.5) is 0 Å². The zero-order valence-electron chi connectivity index (χ0n) is 10.4. The number of aliphatic hydroxyl groups is 1. The lowest BCUT2D eigenvalue weighted by Crippen LogP contribution is -2.41. The molecule has 3 heteroatoms. The second-order valence-electron chi connectivity index (χ2n) is 5.14. The quantitative estimate of drug-likeness (QED) is 0.879. The van der Waals surface area contributed by atoms with Crippen LogP contribution in [0.25, 0.3) is 0 Å².